The van der Waals surface area contributed by atoms with Gasteiger partial charge in [-0.1, -0.05) is 24.3 Å². The minimum atomic E-state index is -3.71. The summed E-state index contributed by atoms with van der Waals surface area (Å²) >= 11 is 1.62. The zero-order chi connectivity index (χ0) is 19.3. The summed E-state index contributed by atoms with van der Waals surface area (Å²) in [5, 5.41) is 2.81. The van der Waals surface area contributed by atoms with Gasteiger partial charge in [0.2, 0.25) is 0 Å². The largest absolute Gasteiger partial charge is 0.322 e. The lowest BCUT2D eigenvalue weighted by atomic mass is 10.2. The predicted octanol–water partition coefficient (Wildman–Crippen LogP) is 4.46. The molecule has 0 atom stereocenters. The Bertz CT molecular complexity index is 1030. The van der Waals surface area contributed by atoms with Crippen molar-refractivity contribution in [2.24, 2.45) is 0 Å². The number of carbonyl (C=O) groups excluding carboxylic acids is 1. The summed E-state index contributed by atoms with van der Waals surface area (Å²) in [6.45, 7) is 0. The van der Waals surface area contributed by atoms with Crippen molar-refractivity contribution in [2.45, 2.75) is 9.79 Å². The molecule has 27 heavy (non-hydrogen) atoms. The van der Waals surface area contributed by atoms with Crippen LogP contribution in [0, 0.1) is 0 Å². The molecule has 0 aliphatic rings. The maximum Gasteiger partial charge on any atom is 0.261 e. The number of anilines is 2. The molecule has 7 heteroatoms. The van der Waals surface area contributed by atoms with Crippen molar-refractivity contribution in [3.8, 4) is 0 Å². The van der Waals surface area contributed by atoms with E-state index in [1.54, 1.807) is 48.2 Å². The Morgan fingerprint density at radius 2 is 1.56 bits per heavy atom. The van der Waals surface area contributed by atoms with E-state index in [4.69, 9.17) is 0 Å². The fourth-order valence-electron chi connectivity index (χ4n) is 2.42. The molecule has 1 amide bonds. The van der Waals surface area contributed by atoms with E-state index in [0.717, 1.165) is 4.90 Å². The average molecular weight is 399 g/mol. The fraction of sp³-hybridized carbons (Fsp3) is 0.0500. The van der Waals surface area contributed by atoms with Crippen LogP contribution in [0.2, 0.25) is 0 Å². The number of amides is 1. The zero-order valence-electron chi connectivity index (χ0n) is 14.5. The van der Waals surface area contributed by atoms with Gasteiger partial charge in [0.05, 0.1) is 4.90 Å². The lowest BCUT2D eigenvalue weighted by Gasteiger charge is -2.10. The topological polar surface area (TPSA) is 75.3 Å². The molecule has 0 aliphatic heterocycles. The van der Waals surface area contributed by atoms with Gasteiger partial charge in [-0.2, -0.15) is 0 Å². The first-order chi connectivity index (χ1) is 13.0. The summed E-state index contributed by atoms with van der Waals surface area (Å²) < 4.78 is 27.3. The fourth-order valence-corrected chi connectivity index (χ4v) is 3.89. The number of sulfonamides is 1. The third-order valence-corrected chi connectivity index (χ3v) is 5.92. The molecule has 0 spiro atoms. The molecule has 0 bridgehead atoms. The Kier molecular flexibility index (Phi) is 5.83. The number of carbonyl (C=O) groups is 1. The van der Waals surface area contributed by atoms with E-state index < -0.39 is 10.0 Å². The lowest BCUT2D eigenvalue weighted by molar-refractivity contribution is 0.102. The average Bonchev–Trinajstić information content (AvgIpc) is 2.69. The van der Waals surface area contributed by atoms with Crippen molar-refractivity contribution in [3.63, 3.8) is 0 Å². The van der Waals surface area contributed by atoms with Gasteiger partial charge >= 0.3 is 0 Å². The first-order valence-electron chi connectivity index (χ1n) is 8.11. The third kappa shape index (κ3) is 4.90. The van der Waals surface area contributed by atoms with Crippen LogP contribution in [-0.4, -0.2) is 20.6 Å². The third-order valence-electron chi connectivity index (χ3n) is 3.78. The Hall–Kier alpha value is -2.77. The van der Waals surface area contributed by atoms with Crippen LogP contribution < -0.4 is 10.0 Å². The predicted molar refractivity (Wildman–Crippen MR) is 110 cm³/mol. The van der Waals surface area contributed by atoms with E-state index >= 15 is 0 Å². The highest BCUT2D eigenvalue weighted by Crippen LogP contribution is 2.20. The summed E-state index contributed by atoms with van der Waals surface area (Å²) in [5.41, 5.74) is 1.36. The summed E-state index contributed by atoms with van der Waals surface area (Å²) in [7, 11) is -3.71. The molecule has 0 unspecified atom stereocenters. The first-order valence-corrected chi connectivity index (χ1v) is 10.8. The van der Waals surface area contributed by atoms with Gasteiger partial charge in [0.25, 0.3) is 15.9 Å². The molecular weight excluding hydrogens is 380 g/mol. The van der Waals surface area contributed by atoms with Crippen molar-refractivity contribution in [1.82, 2.24) is 0 Å². The summed E-state index contributed by atoms with van der Waals surface area (Å²) in [6.07, 6.45) is 1.98. The van der Waals surface area contributed by atoms with E-state index in [2.05, 4.69) is 10.0 Å². The van der Waals surface area contributed by atoms with Crippen molar-refractivity contribution in [1.29, 1.82) is 0 Å². The molecular formula is C20H18N2O3S2. The van der Waals surface area contributed by atoms with Gasteiger partial charge in [-0.05, 0) is 60.9 Å². The number of hydrogen-bond acceptors (Lipinski definition) is 4. The monoisotopic (exact) mass is 398 g/mol. The molecule has 0 radical (unpaired) electrons. The van der Waals surface area contributed by atoms with Gasteiger partial charge < -0.3 is 5.32 Å². The first kappa shape index (κ1) is 19.0. The minimum absolute atomic E-state index is 0.161. The SMILES string of the molecule is CSc1ccc(NC(=O)c2cccc(NS(=O)(=O)c3ccccc3)c2)cc1. The standard InChI is InChI=1S/C20H18N2O3S2/c1-26-18-12-10-16(11-13-18)21-20(23)15-6-5-7-17(14-15)22-27(24,25)19-8-3-2-4-9-19/h2-14,22H,1H3,(H,21,23). The Morgan fingerprint density at radius 1 is 0.852 bits per heavy atom. The number of rotatable bonds is 6. The van der Waals surface area contributed by atoms with E-state index in [-0.39, 0.29) is 10.8 Å². The Morgan fingerprint density at radius 3 is 2.22 bits per heavy atom. The molecule has 0 saturated heterocycles. The summed E-state index contributed by atoms with van der Waals surface area (Å²) in [4.78, 5) is 13.7. The molecule has 0 aliphatic carbocycles. The van der Waals surface area contributed by atoms with Crippen LogP contribution in [0.3, 0.4) is 0 Å². The van der Waals surface area contributed by atoms with Crippen molar-refractivity contribution in [2.75, 3.05) is 16.3 Å². The van der Waals surface area contributed by atoms with Gasteiger partial charge in [0.1, 0.15) is 0 Å². The molecule has 3 rings (SSSR count). The number of thioether (sulfide) groups is 1. The van der Waals surface area contributed by atoms with Gasteiger partial charge in [-0.3, -0.25) is 9.52 Å². The van der Waals surface area contributed by atoms with Crippen molar-refractivity contribution in [3.05, 3.63) is 84.4 Å². The molecule has 3 aromatic rings. The van der Waals surface area contributed by atoms with Crippen LogP contribution in [0.15, 0.2) is 88.7 Å². The quantitative estimate of drug-likeness (QED) is 0.601. The van der Waals surface area contributed by atoms with Gasteiger partial charge in [-0.25, -0.2) is 8.42 Å². The van der Waals surface area contributed by atoms with Gasteiger partial charge in [-0.15, -0.1) is 11.8 Å². The number of benzene rings is 3. The van der Waals surface area contributed by atoms with Crippen LogP contribution in [0.25, 0.3) is 0 Å². The lowest BCUT2D eigenvalue weighted by Crippen LogP contribution is -2.15. The number of hydrogen-bond donors (Lipinski definition) is 2. The smallest absolute Gasteiger partial charge is 0.261 e. The number of nitrogens with one attached hydrogen (secondary N) is 2. The maximum absolute atomic E-state index is 12.5. The second-order valence-corrected chi connectivity index (χ2v) is 8.24. The summed E-state index contributed by atoms with van der Waals surface area (Å²) in [5.74, 6) is -0.312. The van der Waals surface area contributed by atoms with Crippen molar-refractivity contribution < 1.29 is 13.2 Å². The molecule has 138 valence electrons. The molecule has 0 fully saturated rings. The second kappa shape index (κ2) is 8.28. The van der Waals surface area contributed by atoms with Crippen LogP contribution in [0.5, 0.6) is 0 Å². The van der Waals surface area contributed by atoms with Gasteiger partial charge in [0.15, 0.2) is 0 Å². The molecule has 0 saturated carbocycles. The normalized spacial score (nSPS) is 11.0. The summed E-state index contributed by atoms with van der Waals surface area (Å²) in [6, 6.07) is 21.9. The molecule has 2 N–H and O–H groups in total. The van der Waals surface area contributed by atoms with E-state index in [0.29, 0.717) is 16.9 Å². The highest BCUT2D eigenvalue weighted by Gasteiger charge is 2.14. The molecule has 0 heterocycles. The van der Waals surface area contributed by atoms with Crippen LogP contribution in [0.1, 0.15) is 10.4 Å². The van der Waals surface area contributed by atoms with E-state index in [1.807, 2.05) is 30.5 Å². The van der Waals surface area contributed by atoms with Crippen molar-refractivity contribution >= 4 is 39.1 Å². The Labute approximate surface area is 162 Å². The Balaban J connectivity index is 1.75. The van der Waals surface area contributed by atoms with E-state index in [9.17, 15) is 13.2 Å². The maximum atomic E-state index is 12.5. The second-order valence-electron chi connectivity index (χ2n) is 5.68. The van der Waals surface area contributed by atoms with Crippen LogP contribution in [0.4, 0.5) is 11.4 Å². The van der Waals surface area contributed by atoms with Gasteiger partial charge in [0, 0.05) is 21.8 Å². The van der Waals surface area contributed by atoms with Crippen LogP contribution in [-0.2, 0) is 10.0 Å². The minimum Gasteiger partial charge on any atom is -0.322 e. The highest BCUT2D eigenvalue weighted by atomic mass is 32.2. The van der Waals surface area contributed by atoms with Crippen LogP contribution >= 0.6 is 11.8 Å². The molecule has 3 aromatic carbocycles. The van der Waals surface area contributed by atoms with E-state index in [1.165, 1.54) is 18.2 Å². The molecule has 5 nitrogen and oxygen atoms in total. The highest BCUT2D eigenvalue weighted by molar-refractivity contribution is 7.98. The zero-order valence-corrected chi connectivity index (χ0v) is 16.2. The molecule has 0 aromatic heterocycles.